The summed E-state index contributed by atoms with van der Waals surface area (Å²) in [6.07, 6.45) is 4.59. The van der Waals surface area contributed by atoms with Crippen molar-refractivity contribution in [1.29, 1.82) is 0 Å². The van der Waals surface area contributed by atoms with Gasteiger partial charge in [0.25, 0.3) is 0 Å². The number of H-pyrrole nitrogens is 1. The molecule has 0 aliphatic heterocycles. The van der Waals surface area contributed by atoms with Gasteiger partial charge in [-0.05, 0) is 19.1 Å². The highest BCUT2D eigenvalue weighted by Crippen LogP contribution is 2.11. The molecule has 0 aliphatic rings. The van der Waals surface area contributed by atoms with Crippen molar-refractivity contribution < 1.29 is 19.1 Å². The van der Waals surface area contributed by atoms with E-state index in [1.807, 2.05) is 0 Å². The Morgan fingerprint density at radius 3 is 2.86 bits per heavy atom. The van der Waals surface area contributed by atoms with Crippen molar-refractivity contribution in [2.45, 2.75) is 25.4 Å². The van der Waals surface area contributed by atoms with Crippen molar-refractivity contribution >= 4 is 12.0 Å². The molecule has 0 radical (unpaired) electrons. The molecule has 21 heavy (non-hydrogen) atoms. The van der Waals surface area contributed by atoms with Crippen LogP contribution in [0.2, 0.25) is 0 Å². The molecule has 112 valence electrons. The summed E-state index contributed by atoms with van der Waals surface area (Å²) in [6, 6.07) is 1.45. The van der Waals surface area contributed by atoms with Crippen LogP contribution >= 0.6 is 0 Å². The number of hydrogen-bond donors (Lipinski definition) is 4. The minimum absolute atomic E-state index is 0.123. The van der Waals surface area contributed by atoms with Crippen LogP contribution in [0.1, 0.15) is 24.4 Å². The van der Waals surface area contributed by atoms with E-state index in [4.69, 9.17) is 9.52 Å². The number of imidazole rings is 1. The number of nitrogens with one attached hydrogen (secondary N) is 3. The van der Waals surface area contributed by atoms with E-state index in [9.17, 15) is 9.59 Å². The Hall–Kier alpha value is -2.77. The fourth-order valence-corrected chi connectivity index (χ4v) is 1.82. The maximum absolute atomic E-state index is 11.8. The van der Waals surface area contributed by atoms with Crippen LogP contribution in [0.3, 0.4) is 0 Å². The predicted octanol–water partition coefficient (Wildman–Crippen LogP) is 1.06. The van der Waals surface area contributed by atoms with E-state index < -0.39 is 18.0 Å². The molecule has 4 N–H and O–H groups in total. The van der Waals surface area contributed by atoms with Gasteiger partial charge in [0.15, 0.2) is 0 Å². The minimum Gasteiger partial charge on any atom is -0.480 e. The second-order valence-electron chi connectivity index (χ2n) is 4.53. The van der Waals surface area contributed by atoms with Gasteiger partial charge >= 0.3 is 12.0 Å². The highest BCUT2D eigenvalue weighted by Gasteiger charge is 2.22. The SMILES string of the molecule is CC(NC(=O)NC(Cc1cnc[nH]1)C(=O)O)c1ccco1. The number of carbonyl (C=O) groups is 2. The second kappa shape index (κ2) is 6.60. The molecule has 0 aromatic carbocycles. The van der Waals surface area contributed by atoms with Crippen molar-refractivity contribution in [3.05, 3.63) is 42.4 Å². The Bertz CT molecular complexity index is 579. The highest BCUT2D eigenvalue weighted by atomic mass is 16.4. The summed E-state index contributed by atoms with van der Waals surface area (Å²) >= 11 is 0. The van der Waals surface area contributed by atoms with Crippen LogP contribution in [0.25, 0.3) is 0 Å². The Labute approximate surface area is 120 Å². The molecule has 0 bridgehead atoms. The van der Waals surface area contributed by atoms with Gasteiger partial charge in [-0.1, -0.05) is 0 Å². The van der Waals surface area contributed by atoms with Crippen LogP contribution < -0.4 is 10.6 Å². The Balaban J connectivity index is 1.90. The molecule has 2 atom stereocenters. The van der Waals surface area contributed by atoms with E-state index in [2.05, 4.69) is 20.6 Å². The van der Waals surface area contributed by atoms with Gasteiger partial charge in [0.1, 0.15) is 11.8 Å². The van der Waals surface area contributed by atoms with Crippen LogP contribution in [-0.2, 0) is 11.2 Å². The lowest BCUT2D eigenvalue weighted by Gasteiger charge is -2.17. The number of urea groups is 1. The maximum Gasteiger partial charge on any atom is 0.326 e. The van der Waals surface area contributed by atoms with E-state index in [0.717, 1.165) is 0 Å². The lowest BCUT2D eigenvalue weighted by molar-refractivity contribution is -0.139. The third-order valence-corrected chi connectivity index (χ3v) is 2.90. The molecule has 2 aromatic heterocycles. The first kappa shape index (κ1) is 14.6. The largest absolute Gasteiger partial charge is 0.480 e. The first-order valence-electron chi connectivity index (χ1n) is 6.36. The standard InChI is InChI=1S/C13H16N4O4/c1-8(11-3-2-4-21-11)16-13(20)17-10(12(18)19)5-9-6-14-7-15-9/h2-4,6-8,10H,5H2,1H3,(H,14,15)(H,18,19)(H2,16,17,20). The molecule has 2 rings (SSSR count). The maximum atomic E-state index is 11.8. The molecule has 2 amide bonds. The molecule has 8 nitrogen and oxygen atoms in total. The molecule has 8 heteroatoms. The molecular formula is C13H16N4O4. The summed E-state index contributed by atoms with van der Waals surface area (Å²) in [7, 11) is 0. The number of carboxylic acid groups (broad SMARTS) is 1. The number of nitrogens with zero attached hydrogens (tertiary/aromatic N) is 1. The first-order chi connectivity index (χ1) is 10.1. The molecule has 0 fully saturated rings. The second-order valence-corrected chi connectivity index (χ2v) is 4.53. The summed E-state index contributed by atoms with van der Waals surface area (Å²) in [5.74, 6) is -0.531. The van der Waals surface area contributed by atoms with Crippen LogP contribution in [0.4, 0.5) is 4.79 Å². The molecule has 0 aliphatic carbocycles. The predicted molar refractivity (Wildman–Crippen MR) is 72.5 cm³/mol. The number of rotatable bonds is 6. The van der Waals surface area contributed by atoms with Crippen LogP contribution in [0.5, 0.6) is 0 Å². The third-order valence-electron chi connectivity index (χ3n) is 2.90. The molecule has 0 saturated carbocycles. The van der Waals surface area contributed by atoms with Crippen molar-refractivity contribution in [2.24, 2.45) is 0 Å². The van der Waals surface area contributed by atoms with E-state index in [1.165, 1.54) is 18.8 Å². The molecule has 0 spiro atoms. The number of aromatic amines is 1. The van der Waals surface area contributed by atoms with Crippen molar-refractivity contribution in [1.82, 2.24) is 20.6 Å². The summed E-state index contributed by atoms with van der Waals surface area (Å²) < 4.78 is 5.16. The summed E-state index contributed by atoms with van der Waals surface area (Å²) in [4.78, 5) is 29.6. The van der Waals surface area contributed by atoms with E-state index in [-0.39, 0.29) is 12.5 Å². The zero-order valence-corrected chi connectivity index (χ0v) is 11.4. The van der Waals surface area contributed by atoms with Gasteiger partial charge in [-0.3, -0.25) is 0 Å². The summed E-state index contributed by atoms with van der Waals surface area (Å²) in [5.41, 5.74) is 0.627. The van der Waals surface area contributed by atoms with Crippen molar-refractivity contribution in [3.63, 3.8) is 0 Å². The zero-order chi connectivity index (χ0) is 15.2. The number of aliphatic carboxylic acids is 1. The molecule has 2 aromatic rings. The quantitative estimate of drug-likeness (QED) is 0.634. The van der Waals surface area contributed by atoms with Gasteiger partial charge in [0.2, 0.25) is 0 Å². The molecule has 2 heterocycles. The summed E-state index contributed by atoms with van der Waals surface area (Å²) in [5, 5.41) is 14.2. The van der Waals surface area contributed by atoms with Crippen LogP contribution in [-0.4, -0.2) is 33.1 Å². The van der Waals surface area contributed by atoms with E-state index >= 15 is 0 Å². The highest BCUT2D eigenvalue weighted by molar-refractivity contribution is 5.82. The fraction of sp³-hybridized carbons (Fsp3) is 0.308. The Kier molecular flexibility index (Phi) is 4.60. The zero-order valence-electron chi connectivity index (χ0n) is 11.4. The lowest BCUT2D eigenvalue weighted by Crippen LogP contribution is -2.47. The van der Waals surface area contributed by atoms with Crippen LogP contribution in [0.15, 0.2) is 35.3 Å². The third kappa shape index (κ3) is 4.10. The van der Waals surface area contributed by atoms with Gasteiger partial charge in [-0.15, -0.1) is 0 Å². The Morgan fingerprint density at radius 1 is 1.48 bits per heavy atom. The lowest BCUT2D eigenvalue weighted by atomic mass is 10.1. The van der Waals surface area contributed by atoms with Crippen LogP contribution in [0, 0.1) is 0 Å². The van der Waals surface area contributed by atoms with E-state index in [0.29, 0.717) is 11.5 Å². The van der Waals surface area contributed by atoms with Gasteiger partial charge in [0.05, 0.1) is 18.6 Å². The van der Waals surface area contributed by atoms with Gasteiger partial charge in [-0.25, -0.2) is 14.6 Å². The Morgan fingerprint density at radius 2 is 2.29 bits per heavy atom. The smallest absolute Gasteiger partial charge is 0.326 e. The number of furan rings is 1. The molecule has 2 unspecified atom stereocenters. The number of aromatic nitrogens is 2. The fourth-order valence-electron chi connectivity index (χ4n) is 1.82. The monoisotopic (exact) mass is 292 g/mol. The summed E-state index contributed by atoms with van der Waals surface area (Å²) in [6.45, 7) is 1.74. The van der Waals surface area contributed by atoms with Gasteiger partial charge in [-0.2, -0.15) is 0 Å². The number of amides is 2. The first-order valence-corrected chi connectivity index (χ1v) is 6.36. The normalized spacial score (nSPS) is 13.4. The molecular weight excluding hydrogens is 276 g/mol. The van der Waals surface area contributed by atoms with Crippen molar-refractivity contribution in [3.8, 4) is 0 Å². The van der Waals surface area contributed by atoms with E-state index in [1.54, 1.807) is 19.1 Å². The number of hydrogen-bond acceptors (Lipinski definition) is 4. The minimum atomic E-state index is -1.12. The number of carboxylic acids is 1. The number of carbonyl (C=O) groups excluding carboxylic acids is 1. The average Bonchev–Trinajstić information content (AvgIpc) is 3.10. The van der Waals surface area contributed by atoms with Gasteiger partial charge < -0.3 is 25.1 Å². The van der Waals surface area contributed by atoms with Gasteiger partial charge in [0, 0.05) is 18.3 Å². The average molecular weight is 292 g/mol. The van der Waals surface area contributed by atoms with Crippen molar-refractivity contribution in [2.75, 3.05) is 0 Å². The topological polar surface area (TPSA) is 120 Å². The molecule has 0 saturated heterocycles.